The molecule has 2 atom stereocenters. The van der Waals surface area contributed by atoms with Crippen molar-refractivity contribution in [1.82, 2.24) is 4.90 Å². The predicted octanol–water partition coefficient (Wildman–Crippen LogP) is 2.83. The van der Waals surface area contributed by atoms with Gasteiger partial charge >= 0.3 is 0 Å². The number of aliphatic hydroxyl groups is 1. The number of carbonyl (C=O) groups is 1. The van der Waals surface area contributed by atoms with Crippen LogP contribution in [0.5, 0.6) is 0 Å². The monoisotopic (exact) mass is 437 g/mol. The maximum absolute atomic E-state index is 15.3. The average molecular weight is 438 g/mol. The van der Waals surface area contributed by atoms with E-state index in [1.165, 1.54) is 0 Å². The van der Waals surface area contributed by atoms with Crippen LogP contribution < -0.4 is 5.73 Å². The number of rotatable bonds is 5. The molecule has 0 saturated carbocycles. The Morgan fingerprint density at radius 3 is 2.81 bits per heavy atom. The second-order valence-corrected chi connectivity index (χ2v) is 8.34. The van der Waals surface area contributed by atoms with Gasteiger partial charge in [-0.3, -0.25) is 9.79 Å². The number of halogens is 1. The Bertz CT molecular complexity index is 1080. The average Bonchev–Trinajstić information content (AvgIpc) is 3.12. The fourth-order valence-corrected chi connectivity index (χ4v) is 4.34. The van der Waals surface area contributed by atoms with Crippen LogP contribution in [-0.2, 0) is 17.7 Å². The molecule has 2 aromatic carbocycles. The minimum atomic E-state index is -0.658. The first kappa shape index (κ1) is 22.2. The molecular formula is C25H28FN3O3. The van der Waals surface area contributed by atoms with Crippen molar-refractivity contribution in [3.63, 3.8) is 0 Å². The van der Waals surface area contributed by atoms with Crippen molar-refractivity contribution in [3.8, 4) is 0 Å². The molecule has 0 spiro atoms. The van der Waals surface area contributed by atoms with Crippen molar-refractivity contribution in [2.24, 2.45) is 10.7 Å². The van der Waals surface area contributed by atoms with Crippen LogP contribution in [0.2, 0.25) is 0 Å². The van der Waals surface area contributed by atoms with Gasteiger partial charge in [0.05, 0.1) is 25.3 Å². The van der Waals surface area contributed by atoms with Gasteiger partial charge in [0, 0.05) is 36.7 Å². The van der Waals surface area contributed by atoms with Gasteiger partial charge in [-0.25, -0.2) is 4.39 Å². The van der Waals surface area contributed by atoms with Gasteiger partial charge in [-0.1, -0.05) is 24.3 Å². The maximum atomic E-state index is 15.3. The molecule has 2 aromatic rings. The predicted molar refractivity (Wildman–Crippen MR) is 122 cm³/mol. The molecule has 7 heteroatoms. The second-order valence-electron chi connectivity index (χ2n) is 8.34. The van der Waals surface area contributed by atoms with Crippen molar-refractivity contribution in [3.05, 3.63) is 75.6 Å². The largest absolute Gasteiger partial charge is 0.398 e. The highest BCUT2D eigenvalue weighted by molar-refractivity contribution is 5.99. The van der Waals surface area contributed by atoms with Gasteiger partial charge in [-0.05, 0) is 54.2 Å². The summed E-state index contributed by atoms with van der Waals surface area (Å²) in [6.07, 6.45) is 3.69. The lowest BCUT2D eigenvalue weighted by Gasteiger charge is -2.34. The molecule has 32 heavy (non-hydrogen) atoms. The van der Waals surface area contributed by atoms with Crippen molar-refractivity contribution in [2.75, 3.05) is 20.3 Å². The van der Waals surface area contributed by atoms with Gasteiger partial charge in [-0.2, -0.15) is 0 Å². The van der Waals surface area contributed by atoms with Crippen molar-refractivity contribution < 1.29 is 19.0 Å². The third kappa shape index (κ3) is 4.18. The normalized spacial score (nSPS) is 21.4. The number of nitrogens with two attached hydrogens (primary N) is 1. The zero-order chi connectivity index (χ0) is 22.8. The van der Waals surface area contributed by atoms with Crippen molar-refractivity contribution in [1.29, 1.82) is 0 Å². The summed E-state index contributed by atoms with van der Waals surface area (Å²) in [5, 5.41) is 10.3. The fourth-order valence-electron chi connectivity index (χ4n) is 4.34. The van der Waals surface area contributed by atoms with Crippen LogP contribution in [0, 0.1) is 12.7 Å². The van der Waals surface area contributed by atoms with E-state index in [4.69, 9.17) is 10.5 Å². The summed E-state index contributed by atoms with van der Waals surface area (Å²) in [6.45, 7) is 2.64. The summed E-state index contributed by atoms with van der Waals surface area (Å²) in [6, 6.07) is 9.09. The molecular weight excluding hydrogens is 409 g/mol. The zero-order valence-electron chi connectivity index (χ0n) is 18.3. The Kier molecular flexibility index (Phi) is 6.39. The number of fused-ring (bicyclic) bond motifs is 1. The van der Waals surface area contributed by atoms with E-state index in [0.29, 0.717) is 41.8 Å². The van der Waals surface area contributed by atoms with Crippen LogP contribution in [0.4, 0.5) is 4.39 Å². The smallest absolute Gasteiger partial charge is 0.255 e. The van der Waals surface area contributed by atoms with Crippen LogP contribution in [-0.4, -0.2) is 54.5 Å². The number of aliphatic imine (C=N–C) groups is 1. The van der Waals surface area contributed by atoms with E-state index in [9.17, 15) is 9.90 Å². The molecule has 0 aliphatic carbocycles. The number of hydrogen-bond donors (Lipinski definition) is 2. The summed E-state index contributed by atoms with van der Waals surface area (Å²) in [5.74, 6) is -0.595. The summed E-state index contributed by atoms with van der Waals surface area (Å²) < 4.78 is 20.7. The van der Waals surface area contributed by atoms with E-state index >= 15 is 4.39 Å². The molecule has 0 radical (unpaired) electrons. The number of benzene rings is 2. The lowest BCUT2D eigenvalue weighted by Crippen LogP contribution is -2.49. The Labute approximate surface area is 187 Å². The first-order valence-electron chi connectivity index (χ1n) is 10.8. The number of nitrogens with zero attached hydrogens (tertiary/aromatic N) is 2. The highest BCUT2D eigenvalue weighted by Gasteiger charge is 2.39. The molecule has 168 valence electrons. The van der Waals surface area contributed by atoms with E-state index in [0.717, 1.165) is 16.7 Å². The molecule has 2 aliphatic heterocycles. The molecule has 3 N–H and O–H groups in total. The van der Waals surface area contributed by atoms with Crippen LogP contribution in [0.3, 0.4) is 0 Å². The molecule has 1 amide bonds. The lowest BCUT2D eigenvalue weighted by atomic mass is 9.94. The zero-order valence-corrected chi connectivity index (χ0v) is 18.3. The minimum absolute atomic E-state index is 0.160. The van der Waals surface area contributed by atoms with Crippen molar-refractivity contribution in [2.45, 2.75) is 38.5 Å². The highest BCUT2D eigenvalue weighted by Crippen LogP contribution is 2.33. The number of allylic oxidation sites excluding steroid dienone is 1. The molecule has 0 unspecified atom stereocenters. The Balaban J connectivity index is 1.58. The van der Waals surface area contributed by atoms with Gasteiger partial charge < -0.3 is 20.5 Å². The number of ether oxygens (including phenoxy) is 1. The third-order valence-electron chi connectivity index (χ3n) is 6.32. The Morgan fingerprint density at radius 2 is 2.12 bits per heavy atom. The van der Waals surface area contributed by atoms with Crippen LogP contribution in [0.15, 0.2) is 41.4 Å². The Hall–Kier alpha value is -3.03. The quantitative estimate of drug-likeness (QED) is 0.704. The molecule has 1 fully saturated rings. The summed E-state index contributed by atoms with van der Waals surface area (Å²) >= 11 is 0. The summed E-state index contributed by atoms with van der Waals surface area (Å²) in [4.78, 5) is 18.5. The van der Waals surface area contributed by atoms with Crippen LogP contribution >= 0.6 is 0 Å². The van der Waals surface area contributed by atoms with Gasteiger partial charge in [0.1, 0.15) is 5.82 Å². The SMILES string of the molecule is CN=CC=C(N)c1ccc(Cc2cc3c(c(F)c2C)CN([C@H]2COCC[C@@H]2O)C3=O)cc1. The summed E-state index contributed by atoms with van der Waals surface area (Å²) in [7, 11) is 1.68. The molecule has 6 nitrogen and oxygen atoms in total. The van der Waals surface area contributed by atoms with E-state index < -0.39 is 12.1 Å². The second kappa shape index (κ2) is 9.22. The number of hydrogen-bond acceptors (Lipinski definition) is 5. The maximum Gasteiger partial charge on any atom is 0.255 e. The van der Waals surface area contributed by atoms with Gasteiger partial charge in [0.25, 0.3) is 5.91 Å². The first-order chi connectivity index (χ1) is 15.4. The molecule has 2 heterocycles. The minimum Gasteiger partial charge on any atom is -0.398 e. The van der Waals surface area contributed by atoms with E-state index in [-0.39, 0.29) is 24.9 Å². The molecule has 0 aromatic heterocycles. The highest BCUT2D eigenvalue weighted by atomic mass is 19.1. The van der Waals surface area contributed by atoms with Crippen LogP contribution in [0.25, 0.3) is 5.70 Å². The van der Waals surface area contributed by atoms with E-state index in [2.05, 4.69) is 4.99 Å². The Morgan fingerprint density at radius 1 is 1.38 bits per heavy atom. The molecule has 4 rings (SSSR count). The topological polar surface area (TPSA) is 88.2 Å². The fraction of sp³-hybridized carbons (Fsp3) is 0.360. The van der Waals surface area contributed by atoms with Gasteiger partial charge in [0.15, 0.2) is 0 Å². The van der Waals surface area contributed by atoms with Crippen LogP contribution in [0.1, 0.15) is 44.6 Å². The number of carbonyl (C=O) groups excluding carboxylic acids is 1. The summed E-state index contributed by atoms with van der Waals surface area (Å²) in [5.41, 5.74) is 10.6. The molecule has 1 saturated heterocycles. The molecule has 2 aliphatic rings. The standard InChI is InChI=1S/C25H28FN3O3/c1-15-18(11-16-3-5-17(6-4-16)21(27)7-9-28-2)12-19-20(24(15)26)13-29(25(19)31)22-14-32-10-8-23(22)30/h3-7,9,12,22-23,30H,8,10-11,13-14,27H2,1-2H3/t22-,23-/m0/s1. The van der Waals surface area contributed by atoms with E-state index in [1.54, 1.807) is 37.2 Å². The van der Waals surface area contributed by atoms with Gasteiger partial charge in [-0.15, -0.1) is 0 Å². The van der Waals surface area contributed by atoms with Gasteiger partial charge in [0.2, 0.25) is 0 Å². The van der Waals surface area contributed by atoms with E-state index in [1.807, 2.05) is 24.3 Å². The molecule has 0 bridgehead atoms. The first-order valence-corrected chi connectivity index (χ1v) is 10.8. The number of aliphatic hydroxyl groups excluding tert-OH is 1. The van der Waals surface area contributed by atoms with Crippen molar-refractivity contribution >= 4 is 17.8 Å². The third-order valence-corrected chi connectivity index (χ3v) is 6.32. The number of amides is 1. The lowest BCUT2D eigenvalue weighted by molar-refractivity contribution is -0.0529.